The molecule has 2 rings (SSSR count). The second-order valence-corrected chi connectivity index (χ2v) is 2.99. The number of fused-ring (bicyclic) bond motifs is 1. The summed E-state index contributed by atoms with van der Waals surface area (Å²) in [5.41, 5.74) is -0.0959. The molecular formula is C8H8N2O4. The number of hydrogen-bond donors (Lipinski definition) is 0. The van der Waals surface area contributed by atoms with Crippen molar-refractivity contribution in [3.63, 3.8) is 0 Å². The molecule has 1 aromatic rings. The van der Waals surface area contributed by atoms with Gasteiger partial charge in [0.2, 0.25) is 0 Å². The van der Waals surface area contributed by atoms with E-state index in [0.29, 0.717) is 18.2 Å². The number of ether oxygens (including phenoxy) is 2. The standard InChI is InChI=1S/C8H8N2O4/c1-5-4-13-8-7(14-5)2-6(3-9-8)10(11)12/h2-3,5H,4H2,1H3. The molecule has 0 bridgehead atoms. The van der Waals surface area contributed by atoms with Crippen LogP contribution in [0.1, 0.15) is 6.92 Å². The van der Waals surface area contributed by atoms with Gasteiger partial charge in [0, 0.05) is 0 Å². The molecule has 0 spiro atoms. The average Bonchev–Trinajstić information content (AvgIpc) is 2.16. The second kappa shape index (κ2) is 3.13. The molecule has 0 saturated carbocycles. The molecule has 0 amide bonds. The third-order valence-corrected chi connectivity index (χ3v) is 1.80. The minimum Gasteiger partial charge on any atom is -0.481 e. The van der Waals surface area contributed by atoms with E-state index >= 15 is 0 Å². The molecular weight excluding hydrogens is 188 g/mol. The Morgan fingerprint density at radius 2 is 2.50 bits per heavy atom. The summed E-state index contributed by atoms with van der Waals surface area (Å²) in [5, 5.41) is 10.4. The Hall–Kier alpha value is -1.85. The highest BCUT2D eigenvalue weighted by atomic mass is 16.6. The molecule has 1 aromatic heterocycles. The van der Waals surface area contributed by atoms with Gasteiger partial charge in [-0.15, -0.1) is 0 Å². The van der Waals surface area contributed by atoms with Crippen molar-refractivity contribution in [3.05, 3.63) is 22.4 Å². The average molecular weight is 196 g/mol. The first-order chi connectivity index (χ1) is 6.66. The molecule has 0 aromatic carbocycles. The fraction of sp³-hybridized carbons (Fsp3) is 0.375. The molecule has 6 heteroatoms. The largest absolute Gasteiger partial charge is 0.481 e. The highest BCUT2D eigenvalue weighted by molar-refractivity contribution is 5.43. The fourth-order valence-electron chi connectivity index (χ4n) is 1.16. The lowest BCUT2D eigenvalue weighted by Crippen LogP contribution is -2.26. The quantitative estimate of drug-likeness (QED) is 0.497. The van der Waals surface area contributed by atoms with Crippen molar-refractivity contribution >= 4 is 5.69 Å². The van der Waals surface area contributed by atoms with Gasteiger partial charge >= 0.3 is 0 Å². The summed E-state index contributed by atoms with van der Waals surface area (Å²) in [6.45, 7) is 2.24. The molecule has 0 saturated heterocycles. The highest BCUT2D eigenvalue weighted by Gasteiger charge is 2.21. The first-order valence-electron chi connectivity index (χ1n) is 4.10. The lowest BCUT2D eigenvalue weighted by molar-refractivity contribution is -0.385. The predicted octanol–water partition coefficient (Wildman–Crippen LogP) is 1.15. The number of nitro groups is 1. The Morgan fingerprint density at radius 3 is 3.21 bits per heavy atom. The maximum atomic E-state index is 10.4. The van der Waals surface area contributed by atoms with Crippen LogP contribution in [0, 0.1) is 10.1 Å². The van der Waals surface area contributed by atoms with Gasteiger partial charge < -0.3 is 9.47 Å². The molecule has 0 radical (unpaired) electrons. The number of nitrogens with zero attached hydrogens (tertiary/aromatic N) is 2. The van der Waals surface area contributed by atoms with Gasteiger partial charge in [0.1, 0.15) is 18.9 Å². The third-order valence-electron chi connectivity index (χ3n) is 1.80. The van der Waals surface area contributed by atoms with Crippen LogP contribution >= 0.6 is 0 Å². The smallest absolute Gasteiger partial charge is 0.291 e. The van der Waals surface area contributed by atoms with Gasteiger partial charge in [0.25, 0.3) is 11.6 Å². The third kappa shape index (κ3) is 1.46. The number of rotatable bonds is 1. The summed E-state index contributed by atoms with van der Waals surface area (Å²) in [7, 11) is 0. The molecule has 1 atom stereocenters. The lowest BCUT2D eigenvalue weighted by Gasteiger charge is -2.22. The predicted molar refractivity (Wildman–Crippen MR) is 46.5 cm³/mol. The minimum absolute atomic E-state index is 0.0959. The van der Waals surface area contributed by atoms with Crippen LogP contribution in [0.15, 0.2) is 12.3 Å². The summed E-state index contributed by atoms with van der Waals surface area (Å²) in [4.78, 5) is 13.7. The molecule has 0 N–H and O–H groups in total. The van der Waals surface area contributed by atoms with Gasteiger partial charge in [-0.05, 0) is 6.92 Å². The number of pyridine rings is 1. The molecule has 6 nitrogen and oxygen atoms in total. The van der Waals surface area contributed by atoms with Gasteiger partial charge in [-0.25, -0.2) is 4.98 Å². The summed E-state index contributed by atoms with van der Waals surface area (Å²) in [6.07, 6.45) is 1.05. The van der Waals surface area contributed by atoms with Crippen LogP contribution in [0.5, 0.6) is 11.6 Å². The Kier molecular flexibility index (Phi) is 1.95. The van der Waals surface area contributed by atoms with E-state index in [4.69, 9.17) is 9.47 Å². The summed E-state index contributed by atoms with van der Waals surface area (Å²) in [6, 6.07) is 1.32. The van der Waals surface area contributed by atoms with E-state index in [1.807, 2.05) is 6.92 Å². The van der Waals surface area contributed by atoms with Crippen LogP contribution in [-0.4, -0.2) is 22.6 Å². The van der Waals surface area contributed by atoms with Crippen molar-refractivity contribution in [2.24, 2.45) is 0 Å². The van der Waals surface area contributed by atoms with E-state index in [9.17, 15) is 10.1 Å². The zero-order valence-corrected chi connectivity index (χ0v) is 7.47. The van der Waals surface area contributed by atoms with Crippen molar-refractivity contribution < 1.29 is 14.4 Å². The van der Waals surface area contributed by atoms with E-state index in [-0.39, 0.29) is 11.8 Å². The normalized spacial score (nSPS) is 19.1. The van der Waals surface area contributed by atoms with Crippen molar-refractivity contribution in [1.82, 2.24) is 4.98 Å². The molecule has 14 heavy (non-hydrogen) atoms. The van der Waals surface area contributed by atoms with Crippen molar-refractivity contribution in [1.29, 1.82) is 0 Å². The van der Waals surface area contributed by atoms with Crippen LogP contribution in [0.4, 0.5) is 5.69 Å². The molecule has 1 aliphatic heterocycles. The van der Waals surface area contributed by atoms with Gasteiger partial charge in [-0.3, -0.25) is 10.1 Å². The van der Waals surface area contributed by atoms with Crippen LogP contribution < -0.4 is 9.47 Å². The van der Waals surface area contributed by atoms with Crippen LogP contribution in [-0.2, 0) is 0 Å². The molecule has 0 fully saturated rings. The van der Waals surface area contributed by atoms with Crippen molar-refractivity contribution in [2.75, 3.05) is 6.61 Å². The van der Waals surface area contributed by atoms with Crippen molar-refractivity contribution in [3.8, 4) is 11.6 Å². The summed E-state index contributed by atoms with van der Waals surface area (Å²) < 4.78 is 10.5. The van der Waals surface area contributed by atoms with Gasteiger partial charge in [-0.1, -0.05) is 0 Å². The van der Waals surface area contributed by atoms with Gasteiger partial charge in [0.05, 0.1) is 11.0 Å². The van der Waals surface area contributed by atoms with Gasteiger partial charge in [-0.2, -0.15) is 0 Å². The number of aromatic nitrogens is 1. The molecule has 0 aliphatic carbocycles. The molecule has 74 valence electrons. The van der Waals surface area contributed by atoms with E-state index in [1.165, 1.54) is 6.07 Å². The second-order valence-electron chi connectivity index (χ2n) is 2.99. The van der Waals surface area contributed by atoms with E-state index < -0.39 is 4.92 Å². The maximum Gasteiger partial charge on any atom is 0.291 e. The SMILES string of the molecule is CC1COc2ncc([N+](=O)[O-])cc2O1. The highest BCUT2D eigenvalue weighted by Crippen LogP contribution is 2.32. The maximum absolute atomic E-state index is 10.4. The zero-order chi connectivity index (χ0) is 10.1. The summed E-state index contributed by atoms with van der Waals surface area (Å²) >= 11 is 0. The topological polar surface area (TPSA) is 74.5 Å². The fourth-order valence-corrected chi connectivity index (χ4v) is 1.16. The first-order valence-corrected chi connectivity index (χ1v) is 4.10. The Balaban J connectivity index is 2.37. The zero-order valence-electron chi connectivity index (χ0n) is 7.47. The Bertz CT molecular complexity index is 380. The van der Waals surface area contributed by atoms with Crippen LogP contribution in [0.3, 0.4) is 0 Å². The number of hydrogen-bond acceptors (Lipinski definition) is 5. The van der Waals surface area contributed by atoms with Crippen LogP contribution in [0.2, 0.25) is 0 Å². The molecule has 2 heterocycles. The molecule has 1 aliphatic rings. The van der Waals surface area contributed by atoms with E-state index in [0.717, 1.165) is 6.20 Å². The summed E-state index contributed by atoms with van der Waals surface area (Å²) in [5.74, 6) is 0.645. The Labute approximate surface area is 79.6 Å². The van der Waals surface area contributed by atoms with E-state index in [2.05, 4.69) is 4.98 Å². The van der Waals surface area contributed by atoms with Gasteiger partial charge in [0.15, 0.2) is 5.75 Å². The Morgan fingerprint density at radius 1 is 1.71 bits per heavy atom. The first kappa shape index (κ1) is 8.74. The monoisotopic (exact) mass is 196 g/mol. The lowest BCUT2D eigenvalue weighted by atomic mass is 10.3. The van der Waals surface area contributed by atoms with Crippen LogP contribution in [0.25, 0.3) is 0 Å². The molecule has 1 unspecified atom stereocenters. The minimum atomic E-state index is -0.518. The van der Waals surface area contributed by atoms with Crippen molar-refractivity contribution in [2.45, 2.75) is 13.0 Å². The van der Waals surface area contributed by atoms with E-state index in [1.54, 1.807) is 0 Å².